The van der Waals surface area contributed by atoms with Crippen LogP contribution < -0.4 is 25.1 Å². The number of rotatable bonds is 8. The van der Waals surface area contributed by atoms with Crippen molar-refractivity contribution in [3.63, 3.8) is 0 Å². The van der Waals surface area contributed by atoms with Crippen LogP contribution >= 0.6 is 0 Å². The van der Waals surface area contributed by atoms with Gasteiger partial charge >= 0.3 is 0 Å². The van der Waals surface area contributed by atoms with E-state index >= 15 is 0 Å². The van der Waals surface area contributed by atoms with Gasteiger partial charge < -0.3 is 19.5 Å². The van der Waals surface area contributed by atoms with E-state index in [-0.39, 0.29) is 11.5 Å². The maximum absolute atomic E-state index is 12.5. The van der Waals surface area contributed by atoms with Crippen molar-refractivity contribution in [1.29, 1.82) is 0 Å². The van der Waals surface area contributed by atoms with Gasteiger partial charge in [0.15, 0.2) is 11.5 Å². The van der Waals surface area contributed by atoms with E-state index in [2.05, 4.69) is 10.3 Å². The third kappa shape index (κ3) is 4.70. The molecule has 0 spiro atoms. The van der Waals surface area contributed by atoms with E-state index in [1.165, 1.54) is 38.7 Å². The fourth-order valence-electron chi connectivity index (χ4n) is 3.66. The average molecular weight is 401 g/mol. The van der Waals surface area contributed by atoms with Crippen molar-refractivity contribution in [3.05, 3.63) is 46.1 Å². The highest BCUT2D eigenvalue weighted by molar-refractivity contribution is 5.95. The molecule has 2 aromatic rings. The molecule has 29 heavy (non-hydrogen) atoms. The number of nitrogens with zero attached hydrogens (tertiary/aromatic N) is 2. The van der Waals surface area contributed by atoms with Crippen molar-refractivity contribution < 1.29 is 19.0 Å². The topological polar surface area (TPSA) is 91.7 Å². The number of benzene rings is 1. The van der Waals surface area contributed by atoms with Gasteiger partial charge in [0.1, 0.15) is 0 Å². The number of ether oxygens (including phenoxy) is 3. The lowest BCUT2D eigenvalue weighted by atomic mass is 10.0. The van der Waals surface area contributed by atoms with Gasteiger partial charge in [0.25, 0.3) is 11.5 Å². The summed E-state index contributed by atoms with van der Waals surface area (Å²) in [5.74, 6) is 1.33. The molecular weight excluding hydrogens is 374 g/mol. The molecule has 0 atom stereocenters. The number of aromatic nitrogens is 2. The highest BCUT2D eigenvalue weighted by atomic mass is 16.5. The minimum atomic E-state index is -0.298. The molecule has 1 aromatic heterocycles. The second-order valence-electron chi connectivity index (χ2n) is 7.00. The summed E-state index contributed by atoms with van der Waals surface area (Å²) in [5, 5.41) is 2.81. The minimum Gasteiger partial charge on any atom is -0.493 e. The number of carbonyl (C=O) groups is 1. The van der Waals surface area contributed by atoms with E-state index in [0.29, 0.717) is 41.8 Å². The Labute approximate surface area is 169 Å². The van der Waals surface area contributed by atoms with Crippen molar-refractivity contribution in [3.8, 4) is 17.2 Å². The Hall–Kier alpha value is -3.03. The largest absolute Gasteiger partial charge is 0.493 e. The van der Waals surface area contributed by atoms with Gasteiger partial charge in [-0.05, 0) is 25.0 Å². The normalized spacial score (nSPS) is 13.9. The molecule has 1 aliphatic rings. The molecule has 3 rings (SSSR count). The van der Waals surface area contributed by atoms with Crippen LogP contribution in [0.25, 0.3) is 0 Å². The summed E-state index contributed by atoms with van der Waals surface area (Å²) in [4.78, 5) is 29.3. The van der Waals surface area contributed by atoms with Crippen LogP contribution in [0.5, 0.6) is 17.2 Å². The maximum Gasteiger partial charge on any atom is 0.253 e. The number of amides is 1. The summed E-state index contributed by atoms with van der Waals surface area (Å²) in [6.07, 6.45) is 6.16. The van der Waals surface area contributed by atoms with Crippen LogP contribution in [-0.2, 0) is 6.54 Å². The zero-order valence-electron chi connectivity index (χ0n) is 17.1. The van der Waals surface area contributed by atoms with E-state index in [1.54, 1.807) is 24.5 Å². The van der Waals surface area contributed by atoms with Crippen LogP contribution in [0.15, 0.2) is 29.3 Å². The second kappa shape index (κ2) is 9.45. The molecule has 0 radical (unpaired) electrons. The highest BCUT2D eigenvalue weighted by Crippen LogP contribution is 2.38. The Morgan fingerprint density at radius 2 is 1.76 bits per heavy atom. The molecule has 1 saturated carbocycles. The summed E-state index contributed by atoms with van der Waals surface area (Å²) in [7, 11) is 4.49. The lowest BCUT2D eigenvalue weighted by Crippen LogP contribution is -2.31. The number of nitrogens with one attached hydrogen (secondary N) is 1. The lowest BCUT2D eigenvalue weighted by molar-refractivity contribution is 0.0951. The molecule has 0 saturated heterocycles. The standard InChI is InChI=1S/C21H27N3O5/c1-27-17-10-15(11-18(28-2)20(17)29-3)21(26)22-8-9-24-13-23-16(12-19(24)25)14-6-4-5-7-14/h10-14H,4-9H2,1-3H3,(H,22,26). The predicted molar refractivity (Wildman–Crippen MR) is 108 cm³/mol. The van der Waals surface area contributed by atoms with Crippen LogP contribution in [0.1, 0.15) is 47.7 Å². The third-order valence-electron chi connectivity index (χ3n) is 5.24. The van der Waals surface area contributed by atoms with Crippen LogP contribution in [0.2, 0.25) is 0 Å². The van der Waals surface area contributed by atoms with Gasteiger partial charge in [0.05, 0.1) is 33.4 Å². The summed E-state index contributed by atoms with van der Waals surface area (Å²) in [6, 6.07) is 4.79. The number of carbonyl (C=O) groups excluding carboxylic acids is 1. The highest BCUT2D eigenvalue weighted by Gasteiger charge is 2.19. The van der Waals surface area contributed by atoms with Crippen LogP contribution in [-0.4, -0.2) is 43.3 Å². The Morgan fingerprint density at radius 1 is 1.10 bits per heavy atom. The van der Waals surface area contributed by atoms with E-state index < -0.39 is 0 Å². The average Bonchev–Trinajstić information content (AvgIpc) is 3.28. The first-order valence-electron chi connectivity index (χ1n) is 9.72. The first-order valence-corrected chi connectivity index (χ1v) is 9.72. The van der Waals surface area contributed by atoms with Gasteiger partial charge in [0, 0.05) is 30.6 Å². The van der Waals surface area contributed by atoms with Crippen molar-refractivity contribution in [2.45, 2.75) is 38.1 Å². The maximum atomic E-state index is 12.5. The van der Waals surface area contributed by atoms with E-state index in [9.17, 15) is 9.59 Å². The molecule has 1 aromatic carbocycles. The van der Waals surface area contributed by atoms with E-state index in [0.717, 1.165) is 18.5 Å². The Kier molecular flexibility index (Phi) is 6.74. The van der Waals surface area contributed by atoms with Gasteiger partial charge in [-0.1, -0.05) is 12.8 Å². The zero-order chi connectivity index (χ0) is 20.8. The van der Waals surface area contributed by atoms with Crippen molar-refractivity contribution in [1.82, 2.24) is 14.9 Å². The Bertz CT molecular complexity index is 894. The SMILES string of the molecule is COc1cc(C(=O)NCCn2cnc(C3CCCC3)cc2=O)cc(OC)c1OC. The molecule has 8 heteroatoms. The third-order valence-corrected chi connectivity index (χ3v) is 5.24. The molecule has 8 nitrogen and oxygen atoms in total. The molecule has 0 unspecified atom stereocenters. The summed E-state index contributed by atoms with van der Waals surface area (Å²) >= 11 is 0. The van der Waals surface area contributed by atoms with Gasteiger partial charge in [0.2, 0.25) is 5.75 Å². The molecule has 156 valence electrons. The Morgan fingerprint density at radius 3 is 2.31 bits per heavy atom. The van der Waals surface area contributed by atoms with Gasteiger partial charge in [-0.25, -0.2) is 4.98 Å². The van der Waals surface area contributed by atoms with Gasteiger partial charge in [-0.3, -0.25) is 14.2 Å². The minimum absolute atomic E-state index is 0.0936. The van der Waals surface area contributed by atoms with Crippen LogP contribution in [0.4, 0.5) is 0 Å². The molecule has 1 fully saturated rings. The van der Waals surface area contributed by atoms with Crippen molar-refractivity contribution in [2.24, 2.45) is 0 Å². The molecule has 1 heterocycles. The van der Waals surface area contributed by atoms with Gasteiger partial charge in [-0.2, -0.15) is 0 Å². The summed E-state index contributed by atoms with van der Waals surface area (Å²) in [5.41, 5.74) is 1.16. The Balaban J connectivity index is 1.63. The van der Waals surface area contributed by atoms with E-state index in [1.807, 2.05) is 0 Å². The first-order chi connectivity index (χ1) is 14.1. The quantitative estimate of drug-likeness (QED) is 0.730. The molecule has 1 aliphatic carbocycles. The number of hydrogen-bond acceptors (Lipinski definition) is 6. The number of methoxy groups -OCH3 is 3. The molecular formula is C21H27N3O5. The molecule has 1 amide bonds. The number of hydrogen-bond donors (Lipinski definition) is 1. The monoisotopic (exact) mass is 401 g/mol. The van der Waals surface area contributed by atoms with Crippen LogP contribution in [0.3, 0.4) is 0 Å². The zero-order valence-corrected chi connectivity index (χ0v) is 17.1. The van der Waals surface area contributed by atoms with Crippen molar-refractivity contribution in [2.75, 3.05) is 27.9 Å². The van der Waals surface area contributed by atoms with Gasteiger partial charge in [-0.15, -0.1) is 0 Å². The lowest BCUT2D eigenvalue weighted by Gasteiger charge is -2.14. The summed E-state index contributed by atoms with van der Waals surface area (Å²) < 4.78 is 17.3. The van der Waals surface area contributed by atoms with E-state index in [4.69, 9.17) is 14.2 Å². The summed E-state index contributed by atoms with van der Waals surface area (Å²) in [6.45, 7) is 0.632. The predicted octanol–water partition coefficient (Wildman–Crippen LogP) is 2.36. The second-order valence-corrected chi connectivity index (χ2v) is 7.00. The molecule has 1 N–H and O–H groups in total. The fraction of sp³-hybridized carbons (Fsp3) is 0.476. The molecule has 0 bridgehead atoms. The molecule has 0 aliphatic heterocycles. The first kappa shape index (κ1) is 20.7. The van der Waals surface area contributed by atoms with Crippen LogP contribution in [0, 0.1) is 0 Å². The smallest absolute Gasteiger partial charge is 0.253 e. The fourth-order valence-corrected chi connectivity index (χ4v) is 3.66. The van der Waals surface area contributed by atoms with Crippen molar-refractivity contribution >= 4 is 5.91 Å².